The quantitative estimate of drug-likeness (QED) is 0.617. The van der Waals surface area contributed by atoms with Crippen LogP contribution in [0.3, 0.4) is 0 Å². The average molecular weight is 421 g/mol. The van der Waals surface area contributed by atoms with Gasteiger partial charge in [-0.3, -0.25) is 14.3 Å². The molecule has 0 saturated carbocycles. The van der Waals surface area contributed by atoms with E-state index >= 15 is 0 Å². The predicted molar refractivity (Wildman–Crippen MR) is 120 cm³/mol. The molecule has 1 atom stereocenters. The van der Waals surface area contributed by atoms with Crippen LogP contribution in [-0.4, -0.2) is 26.3 Å². The lowest BCUT2D eigenvalue weighted by Crippen LogP contribution is -2.49. The highest BCUT2D eigenvalue weighted by Gasteiger charge is 2.46. The fourth-order valence-corrected chi connectivity index (χ4v) is 4.67. The number of fused-ring (bicyclic) bond motifs is 1. The van der Waals surface area contributed by atoms with Crippen molar-refractivity contribution >= 4 is 35.0 Å². The molecule has 30 heavy (non-hydrogen) atoms. The summed E-state index contributed by atoms with van der Waals surface area (Å²) < 4.78 is 0.608. The van der Waals surface area contributed by atoms with E-state index in [4.69, 9.17) is 0 Å². The molecule has 1 aliphatic heterocycles. The highest BCUT2D eigenvalue weighted by atomic mass is 32.2. The lowest BCUT2D eigenvalue weighted by atomic mass is 10.1. The maximum absolute atomic E-state index is 13.2. The Bertz CT molecular complexity index is 1150. The maximum Gasteiger partial charge on any atom is 0.250 e. The molecule has 7 heteroatoms. The van der Waals surface area contributed by atoms with Crippen LogP contribution < -0.4 is 10.6 Å². The third kappa shape index (κ3) is 3.61. The first-order valence-corrected chi connectivity index (χ1v) is 10.6. The summed E-state index contributed by atoms with van der Waals surface area (Å²) in [6.07, 6.45) is 0. The third-order valence-corrected chi connectivity index (χ3v) is 6.71. The second-order valence-electron chi connectivity index (χ2n) is 7.73. The van der Waals surface area contributed by atoms with Gasteiger partial charge in [0, 0.05) is 4.90 Å². The second kappa shape index (κ2) is 7.65. The molecule has 154 valence electrons. The molecule has 0 aliphatic carbocycles. The molecular weight excluding hydrogens is 396 g/mol. The first kappa shape index (κ1) is 20.2. The lowest BCUT2D eigenvalue weighted by molar-refractivity contribution is -0.126. The summed E-state index contributed by atoms with van der Waals surface area (Å²) in [5, 5.41) is 10.4. The number of anilines is 2. The summed E-state index contributed by atoms with van der Waals surface area (Å²) in [4.78, 5) is 26.8. The Hall–Kier alpha value is -3.06. The number of thioether (sulfide) groups is 1. The number of para-hydroxylation sites is 1. The molecule has 1 aromatic heterocycles. The largest absolute Gasteiger partial charge is 0.323 e. The molecule has 3 aromatic rings. The van der Waals surface area contributed by atoms with Gasteiger partial charge in [0.1, 0.15) is 0 Å². The average Bonchev–Trinajstić information content (AvgIpc) is 2.96. The Kier molecular flexibility index (Phi) is 5.15. The van der Waals surface area contributed by atoms with Crippen molar-refractivity contribution in [2.45, 2.75) is 43.9 Å². The van der Waals surface area contributed by atoms with Gasteiger partial charge in [-0.25, -0.2) is 0 Å². The number of nitrogens with one attached hydrogen (secondary N) is 2. The van der Waals surface area contributed by atoms with Crippen LogP contribution in [-0.2, 0) is 16.1 Å². The number of aryl methyl sites for hydroxylation is 2. The monoisotopic (exact) mass is 420 g/mol. The minimum absolute atomic E-state index is 0.328. The van der Waals surface area contributed by atoms with E-state index in [0.717, 1.165) is 27.5 Å². The number of carbonyl (C=O) groups is 2. The molecule has 0 saturated heterocycles. The number of aromatic nitrogens is 2. The minimum Gasteiger partial charge on any atom is -0.323 e. The fraction of sp³-hybridized carbons (Fsp3) is 0.261. The molecule has 2 heterocycles. The van der Waals surface area contributed by atoms with Gasteiger partial charge in [0.25, 0.3) is 0 Å². The molecule has 2 N–H and O–H groups in total. The Morgan fingerprint density at radius 3 is 2.70 bits per heavy atom. The molecule has 2 aromatic carbocycles. The van der Waals surface area contributed by atoms with Crippen LogP contribution >= 0.6 is 11.8 Å². The van der Waals surface area contributed by atoms with Crippen molar-refractivity contribution < 1.29 is 9.59 Å². The van der Waals surface area contributed by atoms with E-state index in [0.29, 0.717) is 12.2 Å². The number of amides is 2. The molecular formula is C23H24N4O2S. The molecule has 1 unspecified atom stereocenters. The number of benzene rings is 2. The van der Waals surface area contributed by atoms with Gasteiger partial charge in [-0.15, -0.1) is 0 Å². The van der Waals surface area contributed by atoms with Crippen molar-refractivity contribution in [3.8, 4) is 0 Å². The van der Waals surface area contributed by atoms with Crippen LogP contribution in [0.25, 0.3) is 0 Å². The van der Waals surface area contributed by atoms with Crippen LogP contribution in [0.4, 0.5) is 11.4 Å². The van der Waals surface area contributed by atoms with Crippen molar-refractivity contribution in [1.29, 1.82) is 0 Å². The molecule has 4 rings (SSSR count). The van der Waals surface area contributed by atoms with E-state index in [9.17, 15) is 9.59 Å². The van der Waals surface area contributed by atoms with Gasteiger partial charge in [-0.2, -0.15) is 5.10 Å². The molecule has 0 radical (unpaired) electrons. The Labute approximate surface area is 180 Å². The first-order valence-electron chi connectivity index (χ1n) is 9.78. The van der Waals surface area contributed by atoms with Gasteiger partial charge in [-0.05, 0) is 45.4 Å². The number of hydrogen-bond acceptors (Lipinski definition) is 4. The van der Waals surface area contributed by atoms with Crippen LogP contribution in [0.1, 0.15) is 29.4 Å². The topological polar surface area (TPSA) is 76.0 Å². The smallest absolute Gasteiger partial charge is 0.250 e. The summed E-state index contributed by atoms with van der Waals surface area (Å²) in [5.74, 6) is -0.688. The fourth-order valence-electron chi connectivity index (χ4n) is 3.56. The Morgan fingerprint density at radius 2 is 1.93 bits per heavy atom. The Balaban J connectivity index is 1.58. The number of nitrogens with zero attached hydrogens (tertiary/aromatic N) is 2. The third-order valence-electron chi connectivity index (χ3n) is 5.35. The highest BCUT2D eigenvalue weighted by Crippen LogP contribution is 2.43. The van der Waals surface area contributed by atoms with Crippen molar-refractivity contribution in [2.75, 3.05) is 10.6 Å². The zero-order chi connectivity index (χ0) is 21.5. The minimum atomic E-state index is -1.27. The van der Waals surface area contributed by atoms with Crippen molar-refractivity contribution in [3.63, 3.8) is 0 Å². The van der Waals surface area contributed by atoms with Gasteiger partial charge in [0.05, 0.1) is 29.3 Å². The summed E-state index contributed by atoms with van der Waals surface area (Å²) in [6, 6.07) is 15.8. The van der Waals surface area contributed by atoms with E-state index < -0.39 is 4.75 Å². The summed E-state index contributed by atoms with van der Waals surface area (Å²) >= 11 is 1.27. The zero-order valence-electron chi connectivity index (χ0n) is 17.4. The van der Waals surface area contributed by atoms with Crippen LogP contribution in [0, 0.1) is 20.8 Å². The summed E-state index contributed by atoms with van der Waals surface area (Å²) in [5.41, 5.74) is 5.30. The normalized spacial score (nSPS) is 17.9. The zero-order valence-corrected chi connectivity index (χ0v) is 18.3. The lowest BCUT2D eigenvalue weighted by Gasteiger charge is -2.31. The van der Waals surface area contributed by atoms with Gasteiger partial charge in [0.15, 0.2) is 4.75 Å². The van der Waals surface area contributed by atoms with E-state index in [1.165, 1.54) is 17.3 Å². The van der Waals surface area contributed by atoms with Crippen LogP contribution in [0.15, 0.2) is 53.4 Å². The summed E-state index contributed by atoms with van der Waals surface area (Å²) in [7, 11) is 0. The number of rotatable bonds is 4. The number of carbonyl (C=O) groups excluding carboxylic acids is 2. The van der Waals surface area contributed by atoms with Gasteiger partial charge in [0.2, 0.25) is 11.8 Å². The predicted octanol–water partition coefficient (Wildman–Crippen LogP) is 4.30. The van der Waals surface area contributed by atoms with Crippen molar-refractivity contribution in [1.82, 2.24) is 9.78 Å². The standard InChI is InChI=1S/C23H24N4O2S/c1-14-8-7-9-17(12-14)13-27-16(3)20(15(2)26-27)25-22(29)23(4)21(28)24-18-10-5-6-11-19(18)30-23/h5-12H,13H2,1-4H3,(H,24,28)(H,25,29). The maximum atomic E-state index is 13.2. The van der Waals surface area contributed by atoms with Gasteiger partial charge < -0.3 is 10.6 Å². The van der Waals surface area contributed by atoms with E-state index in [1.54, 1.807) is 6.92 Å². The summed E-state index contributed by atoms with van der Waals surface area (Å²) in [6.45, 7) is 8.12. The van der Waals surface area contributed by atoms with Crippen LogP contribution in [0.2, 0.25) is 0 Å². The van der Waals surface area contributed by atoms with Crippen molar-refractivity contribution in [3.05, 3.63) is 71.0 Å². The first-order chi connectivity index (χ1) is 14.3. The van der Waals surface area contributed by atoms with Crippen LogP contribution in [0.5, 0.6) is 0 Å². The van der Waals surface area contributed by atoms with Crippen molar-refractivity contribution in [2.24, 2.45) is 0 Å². The molecule has 6 nitrogen and oxygen atoms in total. The molecule has 0 spiro atoms. The number of hydrogen-bond donors (Lipinski definition) is 2. The second-order valence-corrected chi connectivity index (χ2v) is 9.19. The van der Waals surface area contributed by atoms with E-state index in [1.807, 2.05) is 48.9 Å². The molecule has 2 amide bonds. The van der Waals surface area contributed by atoms with E-state index in [-0.39, 0.29) is 11.8 Å². The molecule has 0 fully saturated rings. The molecule has 1 aliphatic rings. The van der Waals surface area contributed by atoms with E-state index in [2.05, 4.69) is 40.9 Å². The molecule has 0 bridgehead atoms. The highest BCUT2D eigenvalue weighted by molar-refractivity contribution is 8.02. The van der Waals surface area contributed by atoms with Gasteiger partial charge in [-0.1, -0.05) is 53.7 Å². The Morgan fingerprint density at radius 1 is 1.17 bits per heavy atom. The SMILES string of the molecule is Cc1cccc(Cn2nc(C)c(NC(=O)C3(C)Sc4ccccc4NC3=O)c2C)c1. The van der Waals surface area contributed by atoms with Gasteiger partial charge >= 0.3 is 0 Å².